The smallest absolute Gasteiger partial charge is 0.306 e. The number of fused-ring (bicyclic) bond motifs is 2. The highest BCUT2D eigenvalue weighted by Crippen LogP contribution is 2.39. The van der Waals surface area contributed by atoms with Crippen LogP contribution in [0.2, 0.25) is 0 Å². The van der Waals surface area contributed by atoms with Gasteiger partial charge in [0, 0.05) is 18.7 Å². The van der Waals surface area contributed by atoms with E-state index in [9.17, 15) is 9.59 Å². The molecule has 0 spiro atoms. The van der Waals surface area contributed by atoms with Gasteiger partial charge in [-0.05, 0) is 85.4 Å². The van der Waals surface area contributed by atoms with Gasteiger partial charge in [-0.3, -0.25) is 9.59 Å². The van der Waals surface area contributed by atoms with Crippen LogP contribution in [0.4, 0.5) is 0 Å². The zero-order valence-corrected chi connectivity index (χ0v) is 21.6. The van der Waals surface area contributed by atoms with Gasteiger partial charge < -0.3 is 19.3 Å². The number of carbonyl (C=O) groups is 2. The topological polar surface area (TPSA) is 82.1 Å². The molecular weight excluding hydrogens is 456 g/mol. The van der Waals surface area contributed by atoms with E-state index in [1.165, 1.54) is 12.5 Å². The molecule has 0 saturated heterocycles. The summed E-state index contributed by atoms with van der Waals surface area (Å²) < 4.78 is 18.1. The number of ether oxygens (including phenoxy) is 3. The molecule has 0 fully saturated rings. The van der Waals surface area contributed by atoms with Crippen molar-refractivity contribution < 1.29 is 28.9 Å². The van der Waals surface area contributed by atoms with Gasteiger partial charge >= 0.3 is 11.9 Å². The molecule has 3 aromatic carbocycles. The van der Waals surface area contributed by atoms with Crippen molar-refractivity contribution in [2.75, 3.05) is 6.61 Å². The largest absolute Gasteiger partial charge is 0.492 e. The molecule has 190 valence electrons. The minimum Gasteiger partial charge on any atom is -0.492 e. The Bertz CT molecular complexity index is 1310. The summed E-state index contributed by atoms with van der Waals surface area (Å²) in [5.41, 5.74) is 6.57. The van der Waals surface area contributed by atoms with Crippen molar-refractivity contribution in [3.8, 4) is 11.5 Å². The molecule has 0 saturated carbocycles. The van der Waals surface area contributed by atoms with Gasteiger partial charge in [0.15, 0.2) is 0 Å². The van der Waals surface area contributed by atoms with Crippen LogP contribution in [0.15, 0.2) is 36.4 Å². The molecule has 1 heterocycles. The number of rotatable bonds is 8. The van der Waals surface area contributed by atoms with Crippen molar-refractivity contribution >= 4 is 22.7 Å². The predicted octanol–water partition coefficient (Wildman–Crippen LogP) is 5.79. The number of carboxylic acid groups (broad SMARTS) is 1. The van der Waals surface area contributed by atoms with Gasteiger partial charge in [0.1, 0.15) is 23.7 Å². The van der Waals surface area contributed by atoms with Crippen molar-refractivity contribution in [3.05, 3.63) is 69.8 Å². The number of para-hydroxylation sites is 1. The maximum absolute atomic E-state index is 12.1. The molecule has 6 heteroatoms. The van der Waals surface area contributed by atoms with Crippen LogP contribution >= 0.6 is 0 Å². The molecule has 0 aromatic heterocycles. The lowest BCUT2D eigenvalue weighted by molar-refractivity contribution is -0.151. The monoisotopic (exact) mass is 490 g/mol. The summed E-state index contributed by atoms with van der Waals surface area (Å²) in [5, 5.41) is 11.1. The Labute approximate surface area is 212 Å². The van der Waals surface area contributed by atoms with Crippen molar-refractivity contribution in [2.45, 2.75) is 72.5 Å². The van der Waals surface area contributed by atoms with E-state index in [1.807, 2.05) is 31.2 Å². The summed E-state index contributed by atoms with van der Waals surface area (Å²) in [6.45, 7) is 9.77. The first-order valence-electron chi connectivity index (χ1n) is 12.5. The van der Waals surface area contributed by atoms with E-state index in [0.29, 0.717) is 6.42 Å². The van der Waals surface area contributed by atoms with Gasteiger partial charge in [0.2, 0.25) is 0 Å². The van der Waals surface area contributed by atoms with Gasteiger partial charge in [0.05, 0.1) is 13.0 Å². The fourth-order valence-electron chi connectivity index (χ4n) is 5.23. The second-order valence-corrected chi connectivity index (χ2v) is 9.63. The van der Waals surface area contributed by atoms with Crippen LogP contribution in [0.3, 0.4) is 0 Å². The van der Waals surface area contributed by atoms with Crippen LogP contribution in [0.25, 0.3) is 10.8 Å². The Morgan fingerprint density at radius 1 is 1.06 bits per heavy atom. The normalized spacial score (nSPS) is 15.6. The first kappa shape index (κ1) is 25.5. The summed E-state index contributed by atoms with van der Waals surface area (Å²) in [5.74, 6) is 0.378. The average molecular weight is 491 g/mol. The Kier molecular flexibility index (Phi) is 7.53. The fraction of sp³-hybridized carbons (Fsp3) is 0.400. The van der Waals surface area contributed by atoms with Crippen LogP contribution in [0.1, 0.15) is 53.1 Å². The second-order valence-electron chi connectivity index (χ2n) is 9.63. The lowest BCUT2D eigenvalue weighted by Crippen LogP contribution is -2.39. The quantitative estimate of drug-likeness (QED) is 0.402. The lowest BCUT2D eigenvalue weighted by Gasteiger charge is -2.33. The zero-order chi connectivity index (χ0) is 26.0. The van der Waals surface area contributed by atoms with Crippen molar-refractivity contribution in [2.24, 2.45) is 0 Å². The minimum absolute atomic E-state index is 0.0560. The molecule has 3 aromatic rings. The fourth-order valence-corrected chi connectivity index (χ4v) is 5.23. The van der Waals surface area contributed by atoms with Gasteiger partial charge in [-0.2, -0.15) is 0 Å². The highest BCUT2D eigenvalue weighted by molar-refractivity contribution is 5.96. The van der Waals surface area contributed by atoms with E-state index in [1.54, 1.807) is 0 Å². The summed E-state index contributed by atoms with van der Waals surface area (Å²) in [6, 6.07) is 12.1. The molecule has 6 nitrogen and oxygen atoms in total. The number of hydrogen-bond donors (Lipinski definition) is 1. The van der Waals surface area contributed by atoms with Gasteiger partial charge in [-0.1, -0.05) is 30.3 Å². The Morgan fingerprint density at radius 2 is 1.81 bits per heavy atom. The summed E-state index contributed by atoms with van der Waals surface area (Å²) >= 11 is 0. The van der Waals surface area contributed by atoms with E-state index >= 15 is 0 Å². The standard InChI is InChI=1S/C30H34O6/c1-17-10-12-23-20(4)24(18(2)19(3)29(23)30(17)34-15-14-28(32)33)16-27(35-21(5)31)26-13-11-22-8-6-7-9-25(22)36-26/h6-10,12,26-27H,11,13-16H2,1-5H3,(H,32,33)/t26?,27-/m0/s1. The number of aliphatic carboxylic acids is 1. The molecule has 1 unspecified atom stereocenters. The Balaban J connectivity index is 1.72. The number of carbonyl (C=O) groups excluding carboxylic acids is 1. The number of esters is 1. The number of benzene rings is 3. The van der Waals surface area contributed by atoms with E-state index in [2.05, 4.69) is 32.9 Å². The Hall–Kier alpha value is -3.54. The van der Waals surface area contributed by atoms with Crippen LogP contribution in [-0.2, 0) is 27.2 Å². The molecule has 2 atom stereocenters. The predicted molar refractivity (Wildman–Crippen MR) is 139 cm³/mol. The molecule has 1 N–H and O–H groups in total. The van der Waals surface area contributed by atoms with Crippen molar-refractivity contribution in [1.29, 1.82) is 0 Å². The minimum atomic E-state index is -0.886. The first-order chi connectivity index (χ1) is 17.2. The summed E-state index contributed by atoms with van der Waals surface area (Å²) in [6.07, 6.45) is 1.50. The van der Waals surface area contributed by atoms with Crippen LogP contribution < -0.4 is 9.47 Å². The SMILES string of the molecule is CC(=O)O[C@@H](Cc1c(C)c(C)c2c(OCCC(=O)O)c(C)ccc2c1C)C1CCc2ccccc2O1. The molecule has 36 heavy (non-hydrogen) atoms. The van der Waals surface area contributed by atoms with Crippen molar-refractivity contribution in [1.82, 2.24) is 0 Å². The Morgan fingerprint density at radius 3 is 2.53 bits per heavy atom. The molecule has 0 amide bonds. The maximum atomic E-state index is 12.1. The van der Waals surface area contributed by atoms with E-state index < -0.39 is 12.1 Å². The third-order valence-electron chi connectivity index (χ3n) is 7.25. The van der Waals surface area contributed by atoms with Gasteiger partial charge in [-0.25, -0.2) is 0 Å². The van der Waals surface area contributed by atoms with E-state index in [-0.39, 0.29) is 25.1 Å². The molecule has 1 aliphatic rings. The number of carboxylic acids is 1. The molecule has 4 rings (SSSR count). The lowest BCUT2D eigenvalue weighted by atomic mass is 9.85. The molecular formula is C30H34O6. The third-order valence-corrected chi connectivity index (χ3v) is 7.25. The highest BCUT2D eigenvalue weighted by Gasteiger charge is 2.31. The van der Waals surface area contributed by atoms with Gasteiger partial charge in [0.25, 0.3) is 0 Å². The maximum Gasteiger partial charge on any atom is 0.306 e. The van der Waals surface area contributed by atoms with Gasteiger partial charge in [-0.15, -0.1) is 0 Å². The van der Waals surface area contributed by atoms with E-state index in [0.717, 1.165) is 62.9 Å². The molecule has 0 radical (unpaired) electrons. The number of aryl methyl sites for hydroxylation is 4. The molecule has 0 aliphatic carbocycles. The van der Waals surface area contributed by atoms with Crippen LogP contribution in [0.5, 0.6) is 11.5 Å². The van der Waals surface area contributed by atoms with Crippen LogP contribution in [-0.4, -0.2) is 35.9 Å². The van der Waals surface area contributed by atoms with Crippen molar-refractivity contribution in [3.63, 3.8) is 0 Å². The summed E-state index contributed by atoms with van der Waals surface area (Å²) in [7, 11) is 0. The first-order valence-corrected chi connectivity index (χ1v) is 12.5. The average Bonchev–Trinajstić information content (AvgIpc) is 2.84. The zero-order valence-electron chi connectivity index (χ0n) is 21.6. The van der Waals surface area contributed by atoms with Crippen LogP contribution in [0, 0.1) is 27.7 Å². The molecule has 1 aliphatic heterocycles. The number of hydrogen-bond acceptors (Lipinski definition) is 5. The second kappa shape index (κ2) is 10.6. The highest BCUT2D eigenvalue weighted by atomic mass is 16.6. The summed E-state index contributed by atoms with van der Waals surface area (Å²) in [4.78, 5) is 23.1. The third kappa shape index (κ3) is 5.18. The van der Waals surface area contributed by atoms with E-state index in [4.69, 9.17) is 19.3 Å². The molecule has 0 bridgehead atoms.